The standard InChI is InChI=1S/C14H25N3O/c1-10-7-11(2)9-12(8-10)13(14(15)18)17-5-3-16-4-6-17/h7,10,12-13,16H,3-6,8-9H2,1-2H3,(H2,15,18). The van der Waals surface area contributed by atoms with E-state index in [0.717, 1.165) is 39.0 Å². The number of primary amides is 1. The molecule has 3 N–H and O–H groups in total. The molecule has 4 heteroatoms. The Hall–Kier alpha value is -0.870. The summed E-state index contributed by atoms with van der Waals surface area (Å²) in [6, 6.07) is -0.0850. The van der Waals surface area contributed by atoms with Crippen LogP contribution in [0, 0.1) is 11.8 Å². The molecular formula is C14H25N3O. The lowest BCUT2D eigenvalue weighted by Gasteiger charge is -2.39. The van der Waals surface area contributed by atoms with Gasteiger partial charge in [-0.2, -0.15) is 0 Å². The maximum atomic E-state index is 11.9. The second-order valence-electron chi connectivity index (χ2n) is 5.82. The Balaban J connectivity index is 2.10. The normalized spacial score (nSPS) is 31.8. The van der Waals surface area contributed by atoms with Crippen LogP contribution in [0.2, 0.25) is 0 Å². The van der Waals surface area contributed by atoms with Crippen molar-refractivity contribution >= 4 is 5.91 Å². The Morgan fingerprint density at radius 3 is 2.72 bits per heavy atom. The fourth-order valence-corrected chi connectivity index (χ4v) is 3.51. The Morgan fingerprint density at radius 1 is 1.50 bits per heavy atom. The van der Waals surface area contributed by atoms with Crippen LogP contribution in [0.15, 0.2) is 11.6 Å². The molecule has 18 heavy (non-hydrogen) atoms. The Bertz CT molecular complexity index is 334. The molecular weight excluding hydrogens is 226 g/mol. The van der Waals surface area contributed by atoms with Crippen molar-refractivity contribution in [2.45, 2.75) is 32.7 Å². The summed E-state index contributed by atoms with van der Waals surface area (Å²) in [5.74, 6) is 0.804. The van der Waals surface area contributed by atoms with Crippen molar-refractivity contribution in [3.63, 3.8) is 0 Å². The van der Waals surface area contributed by atoms with Gasteiger partial charge in [-0.15, -0.1) is 0 Å². The van der Waals surface area contributed by atoms with Gasteiger partial charge < -0.3 is 11.1 Å². The molecule has 0 aromatic rings. The summed E-state index contributed by atoms with van der Waals surface area (Å²) in [5, 5.41) is 3.32. The zero-order valence-corrected chi connectivity index (χ0v) is 11.5. The van der Waals surface area contributed by atoms with Crippen LogP contribution < -0.4 is 11.1 Å². The van der Waals surface area contributed by atoms with Crippen LogP contribution in [0.5, 0.6) is 0 Å². The quantitative estimate of drug-likeness (QED) is 0.727. The highest BCUT2D eigenvalue weighted by molar-refractivity contribution is 5.80. The lowest BCUT2D eigenvalue weighted by atomic mass is 9.78. The lowest BCUT2D eigenvalue weighted by molar-refractivity contribution is -0.125. The molecule has 1 aliphatic carbocycles. The third-order valence-corrected chi connectivity index (χ3v) is 4.11. The van der Waals surface area contributed by atoms with E-state index >= 15 is 0 Å². The molecule has 0 bridgehead atoms. The van der Waals surface area contributed by atoms with Gasteiger partial charge in [0.1, 0.15) is 0 Å². The molecule has 102 valence electrons. The van der Waals surface area contributed by atoms with Gasteiger partial charge >= 0.3 is 0 Å². The number of hydrogen-bond donors (Lipinski definition) is 2. The van der Waals surface area contributed by atoms with E-state index in [1.165, 1.54) is 5.57 Å². The summed E-state index contributed by atoms with van der Waals surface area (Å²) in [6.45, 7) is 8.17. The van der Waals surface area contributed by atoms with E-state index in [9.17, 15) is 4.79 Å². The van der Waals surface area contributed by atoms with Gasteiger partial charge in [-0.25, -0.2) is 0 Å². The number of carbonyl (C=O) groups excluding carboxylic acids is 1. The van der Waals surface area contributed by atoms with Crippen LogP contribution in [-0.4, -0.2) is 43.0 Å². The Morgan fingerprint density at radius 2 is 2.17 bits per heavy atom. The third-order valence-electron chi connectivity index (χ3n) is 4.11. The monoisotopic (exact) mass is 251 g/mol. The van der Waals surface area contributed by atoms with Crippen molar-refractivity contribution in [2.75, 3.05) is 26.2 Å². The lowest BCUT2D eigenvalue weighted by Crippen LogP contribution is -2.56. The molecule has 0 radical (unpaired) electrons. The first-order chi connectivity index (χ1) is 8.58. The van der Waals surface area contributed by atoms with Crippen LogP contribution >= 0.6 is 0 Å². The predicted molar refractivity (Wildman–Crippen MR) is 73.1 cm³/mol. The number of amides is 1. The van der Waals surface area contributed by atoms with Gasteiger partial charge in [0.05, 0.1) is 6.04 Å². The van der Waals surface area contributed by atoms with E-state index in [0.29, 0.717) is 11.8 Å². The van der Waals surface area contributed by atoms with Gasteiger partial charge in [-0.05, 0) is 31.6 Å². The maximum absolute atomic E-state index is 11.9. The fourth-order valence-electron chi connectivity index (χ4n) is 3.51. The zero-order chi connectivity index (χ0) is 13.1. The molecule has 1 amide bonds. The first kappa shape index (κ1) is 13.6. The van der Waals surface area contributed by atoms with Gasteiger partial charge in [0.2, 0.25) is 5.91 Å². The molecule has 1 saturated heterocycles. The molecule has 1 fully saturated rings. The van der Waals surface area contributed by atoms with Crippen molar-refractivity contribution in [3.8, 4) is 0 Å². The molecule has 0 saturated carbocycles. The summed E-state index contributed by atoms with van der Waals surface area (Å²) in [5.41, 5.74) is 7.07. The van der Waals surface area contributed by atoms with Crippen molar-refractivity contribution < 1.29 is 4.79 Å². The largest absolute Gasteiger partial charge is 0.368 e. The van der Waals surface area contributed by atoms with Gasteiger partial charge in [0, 0.05) is 26.2 Å². The summed E-state index contributed by atoms with van der Waals surface area (Å²) in [7, 11) is 0. The minimum absolute atomic E-state index is 0.0850. The SMILES string of the molecule is CC1=CC(C)CC(C(C(N)=O)N2CCNCC2)C1. The second-order valence-corrected chi connectivity index (χ2v) is 5.82. The number of piperazine rings is 1. The van der Waals surface area contributed by atoms with Crippen LogP contribution in [0.1, 0.15) is 26.7 Å². The molecule has 4 nitrogen and oxygen atoms in total. The van der Waals surface area contributed by atoms with Gasteiger partial charge in [-0.1, -0.05) is 18.6 Å². The molecule has 1 aliphatic heterocycles. The van der Waals surface area contributed by atoms with E-state index in [1.807, 2.05) is 0 Å². The first-order valence-corrected chi connectivity index (χ1v) is 6.99. The average molecular weight is 251 g/mol. The highest BCUT2D eigenvalue weighted by Crippen LogP contribution is 2.32. The Kier molecular flexibility index (Phi) is 4.40. The first-order valence-electron chi connectivity index (χ1n) is 6.99. The zero-order valence-electron chi connectivity index (χ0n) is 11.5. The van der Waals surface area contributed by atoms with Crippen LogP contribution in [0.25, 0.3) is 0 Å². The molecule has 3 atom stereocenters. The second kappa shape index (κ2) is 5.85. The highest BCUT2D eigenvalue weighted by atomic mass is 16.1. The molecule has 0 aromatic carbocycles. The van der Waals surface area contributed by atoms with Crippen LogP contribution in [0.4, 0.5) is 0 Å². The summed E-state index contributed by atoms with van der Waals surface area (Å²) < 4.78 is 0. The minimum Gasteiger partial charge on any atom is -0.368 e. The summed E-state index contributed by atoms with van der Waals surface area (Å²) >= 11 is 0. The fraction of sp³-hybridized carbons (Fsp3) is 0.786. The summed E-state index contributed by atoms with van der Waals surface area (Å²) in [4.78, 5) is 14.1. The number of hydrogen-bond acceptors (Lipinski definition) is 3. The van der Waals surface area contributed by atoms with E-state index in [1.54, 1.807) is 0 Å². The van der Waals surface area contributed by atoms with Gasteiger partial charge in [0.15, 0.2) is 0 Å². The van der Waals surface area contributed by atoms with Crippen molar-refractivity contribution in [1.82, 2.24) is 10.2 Å². The van der Waals surface area contributed by atoms with Crippen molar-refractivity contribution in [1.29, 1.82) is 0 Å². The van der Waals surface area contributed by atoms with Crippen molar-refractivity contribution in [3.05, 3.63) is 11.6 Å². The number of nitrogens with one attached hydrogen (secondary N) is 1. The Labute approximate surface area is 110 Å². The number of nitrogens with zero attached hydrogens (tertiary/aromatic N) is 1. The number of allylic oxidation sites excluding steroid dienone is 2. The van der Waals surface area contributed by atoms with E-state index in [4.69, 9.17) is 5.73 Å². The van der Waals surface area contributed by atoms with E-state index in [-0.39, 0.29) is 11.9 Å². The number of nitrogens with two attached hydrogens (primary N) is 1. The molecule has 1 heterocycles. The highest BCUT2D eigenvalue weighted by Gasteiger charge is 2.34. The van der Waals surface area contributed by atoms with Gasteiger partial charge in [0.25, 0.3) is 0 Å². The molecule has 0 spiro atoms. The third kappa shape index (κ3) is 3.12. The molecule has 2 rings (SSSR count). The number of carbonyl (C=O) groups is 1. The van der Waals surface area contributed by atoms with E-state index in [2.05, 4.69) is 30.1 Å². The topological polar surface area (TPSA) is 58.4 Å². The maximum Gasteiger partial charge on any atom is 0.235 e. The van der Waals surface area contributed by atoms with Crippen LogP contribution in [0.3, 0.4) is 0 Å². The molecule has 0 aromatic heterocycles. The van der Waals surface area contributed by atoms with Crippen molar-refractivity contribution in [2.24, 2.45) is 17.6 Å². The average Bonchev–Trinajstić information content (AvgIpc) is 2.28. The smallest absolute Gasteiger partial charge is 0.235 e. The summed E-state index contributed by atoms with van der Waals surface area (Å²) in [6.07, 6.45) is 4.42. The predicted octanol–water partition coefficient (Wildman–Crippen LogP) is 0.738. The van der Waals surface area contributed by atoms with E-state index < -0.39 is 0 Å². The minimum atomic E-state index is -0.149. The molecule has 3 unspecified atom stereocenters. The molecule has 2 aliphatic rings. The number of rotatable bonds is 3. The van der Waals surface area contributed by atoms with Gasteiger partial charge in [-0.3, -0.25) is 9.69 Å². The van der Waals surface area contributed by atoms with Crippen LogP contribution in [-0.2, 0) is 4.79 Å².